The number of ether oxygens (including phenoxy) is 1. The second-order valence-electron chi connectivity index (χ2n) is 6.44. The first-order valence-electron chi connectivity index (χ1n) is 8.02. The van der Waals surface area contributed by atoms with Crippen LogP contribution in [0.1, 0.15) is 41.3 Å². The van der Waals surface area contributed by atoms with Gasteiger partial charge in [0.05, 0.1) is 12.5 Å². The van der Waals surface area contributed by atoms with Crippen LogP contribution in [-0.4, -0.2) is 17.1 Å². The number of hydrogen-bond donors (Lipinski definition) is 1. The Morgan fingerprint density at radius 1 is 1.21 bits per heavy atom. The number of aromatic amines is 1. The molecule has 0 unspecified atom stereocenters. The topological polar surface area (TPSA) is 55.0 Å². The van der Waals surface area contributed by atoms with Crippen LogP contribution in [0.4, 0.5) is 0 Å². The van der Waals surface area contributed by atoms with Gasteiger partial charge in [0.25, 0.3) is 5.56 Å². The number of nitrogens with zero attached hydrogens (tertiary/aromatic N) is 1. The molecule has 0 spiro atoms. The summed E-state index contributed by atoms with van der Waals surface area (Å²) in [6, 6.07) is 4.09. The van der Waals surface area contributed by atoms with Gasteiger partial charge in [0, 0.05) is 10.4 Å². The molecule has 0 radical (unpaired) electrons. The van der Waals surface area contributed by atoms with Crippen molar-refractivity contribution in [3.05, 3.63) is 44.1 Å². The van der Waals surface area contributed by atoms with E-state index >= 15 is 0 Å². The number of H-pyrrole nitrogens is 1. The molecular weight excluding hydrogens is 320 g/mol. The fourth-order valence-electron chi connectivity index (χ4n) is 2.96. The lowest BCUT2D eigenvalue weighted by Crippen LogP contribution is -2.10. The Kier molecular flexibility index (Phi) is 4.22. The van der Waals surface area contributed by atoms with E-state index in [1.807, 2.05) is 26.8 Å². The maximum atomic E-state index is 12.5. The summed E-state index contributed by atoms with van der Waals surface area (Å²) in [5, 5.41) is 0.705. The van der Waals surface area contributed by atoms with Crippen molar-refractivity contribution in [1.29, 1.82) is 0 Å². The molecule has 2 heterocycles. The van der Waals surface area contributed by atoms with Crippen LogP contribution >= 0.6 is 11.3 Å². The number of nitrogens with one attached hydrogen (secondary N) is 1. The summed E-state index contributed by atoms with van der Waals surface area (Å²) in [6.07, 6.45) is 0. The molecular formula is C19H22N2O2S. The van der Waals surface area contributed by atoms with E-state index in [1.54, 1.807) is 18.4 Å². The minimum Gasteiger partial charge on any atom is -0.496 e. The van der Waals surface area contributed by atoms with Crippen molar-refractivity contribution in [1.82, 2.24) is 9.97 Å². The van der Waals surface area contributed by atoms with Crippen molar-refractivity contribution >= 4 is 21.6 Å². The Hall–Kier alpha value is -2.14. The predicted octanol–water partition coefficient (Wildman–Crippen LogP) is 4.71. The molecule has 0 saturated heterocycles. The summed E-state index contributed by atoms with van der Waals surface area (Å²) < 4.78 is 5.50. The third-order valence-corrected chi connectivity index (χ3v) is 5.59. The normalized spacial score (nSPS) is 11.5. The second kappa shape index (κ2) is 6.06. The van der Waals surface area contributed by atoms with Gasteiger partial charge >= 0.3 is 0 Å². The SMILES string of the molecule is COc1cc(C)c(-c2nc3sc(C)c(C)c3c(=O)[nH]2)cc1C(C)C. The quantitative estimate of drug-likeness (QED) is 0.750. The van der Waals surface area contributed by atoms with Gasteiger partial charge < -0.3 is 9.72 Å². The van der Waals surface area contributed by atoms with Crippen molar-refractivity contribution in [3.8, 4) is 17.1 Å². The molecule has 0 atom stereocenters. The van der Waals surface area contributed by atoms with Crippen molar-refractivity contribution < 1.29 is 4.74 Å². The van der Waals surface area contributed by atoms with Crippen LogP contribution < -0.4 is 10.3 Å². The van der Waals surface area contributed by atoms with Crippen LogP contribution in [0, 0.1) is 20.8 Å². The van der Waals surface area contributed by atoms with E-state index in [9.17, 15) is 4.79 Å². The van der Waals surface area contributed by atoms with Crippen molar-refractivity contribution in [2.45, 2.75) is 40.5 Å². The van der Waals surface area contributed by atoms with Gasteiger partial charge in [0.2, 0.25) is 0 Å². The van der Waals surface area contributed by atoms with E-state index in [-0.39, 0.29) is 5.56 Å². The Labute approximate surface area is 145 Å². The van der Waals surface area contributed by atoms with Gasteiger partial charge in [0.1, 0.15) is 16.4 Å². The number of rotatable bonds is 3. The minimum absolute atomic E-state index is 0.0711. The van der Waals surface area contributed by atoms with Gasteiger partial charge in [-0.05, 0) is 55.5 Å². The molecule has 0 aliphatic rings. The zero-order valence-corrected chi connectivity index (χ0v) is 15.7. The zero-order valence-electron chi connectivity index (χ0n) is 14.9. The molecule has 0 amide bonds. The molecule has 0 saturated carbocycles. The Morgan fingerprint density at radius 2 is 1.92 bits per heavy atom. The monoisotopic (exact) mass is 342 g/mol. The van der Waals surface area contributed by atoms with Gasteiger partial charge in [-0.15, -0.1) is 11.3 Å². The number of aromatic nitrogens is 2. The largest absolute Gasteiger partial charge is 0.496 e. The highest BCUT2D eigenvalue weighted by molar-refractivity contribution is 7.18. The van der Waals surface area contributed by atoms with E-state index in [1.165, 1.54) is 0 Å². The summed E-state index contributed by atoms with van der Waals surface area (Å²) in [7, 11) is 1.68. The highest BCUT2D eigenvalue weighted by Crippen LogP contribution is 2.34. The Bertz CT molecular complexity index is 983. The van der Waals surface area contributed by atoms with Gasteiger partial charge in [-0.3, -0.25) is 4.79 Å². The van der Waals surface area contributed by atoms with E-state index in [2.05, 4.69) is 24.9 Å². The fourth-order valence-corrected chi connectivity index (χ4v) is 3.99. The lowest BCUT2D eigenvalue weighted by atomic mass is 9.96. The summed E-state index contributed by atoms with van der Waals surface area (Å²) in [5.74, 6) is 1.81. The summed E-state index contributed by atoms with van der Waals surface area (Å²) in [5.41, 5.74) is 4.04. The molecule has 5 heteroatoms. The lowest BCUT2D eigenvalue weighted by molar-refractivity contribution is 0.407. The first-order valence-corrected chi connectivity index (χ1v) is 8.84. The Balaban J connectivity index is 2.28. The molecule has 24 heavy (non-hydrogen) atoms. The molecule has 0 aliphatic heterocycles. The molecule has 3 aromatic rings. The number of thiophene rings is 1. The number of hydrogen-bond acceptors (Lipinski definition) is 4. The molecule has 0 aliphatic carbocycles. The smallest absolute Gasteiger partial charge is 0.260 e. The molecule has 126 valence electrons. The predicted molar refractivity (Wildman–Crippen MR) is 101 cm³/mol. The van der Waals surface area contributed by atoms with Crippen LogP contribution in [0.2, 0.25) is 0 Å². The average Bonchev–Trinajstić information content (AvgIpc) is 2.81. The molecule has 1 aromatic carbocycles. The lowest BCUT2D eigenvalue weighted by Gasteiger charge is -2.15. The highest BCUT2D eigenvalue weighted by Gasteiger charge is 2.16. The third-order valence-electron chi connectivity index (χ3n) is 4.49. The molecule has 0 fully saturated rings. The highest BCUT2D eigenvalue weighted by atomic mass is 32.1. The van der Waals surface area contributed by atoms with Crippen LogP contribution in [0.5, 0.6) is 5.75 Å². The average molecular weight is 342 g/mol. The summed E-state index contributed by atoms with van der Waals surface area (Å²) in [4.78, 5) is 22.2. The van der Waals surface area contributed by atoms with Crippen molar-refractivity contribution in [3.63, 3.8) is 0 Å². The summed E-state index contributed by atoms with van der Waals surface area (Å²) in [6.45, 7) is 10.3. The molecule has 3 rings (SSSR count). The molecule has 0 bridgehead atoms. The van der Waals surface area contributed by atoms with Crippen LogP contribution in [0.3, 0.4) is 0 Å². The number of aryl methyl sites for hydroxylation is 3. The zero-order chi connectivity index (χ0) is 17.6. The van der Waals surface area contributed by atoms with Crippen molar-refractivity contribution in [2.75, 3.05) is 7.11 Å². The first kappa shape index (κ1) is 16.7. The second-order valence-corrected chi connectivity index (χ2v) is 7.64. The van der Waals surface area contributed by atoms with Crippen molar-refractivity contribution in [2.24, 2.45) is 0 Å². The minimum atomic E-state index is -0.0711. The van der Waals surface area contributed by atoms with E-state index in [0.29, 0.717) is 17.1 Å². The van der Waals surface area contributed by atoms with Gasteiger partial charge in [-0.1, -0.05) is 13.8 Å². The number of benzene rings is 1. The van der Waals surface area contributed by atoms with Gasteiger partial charge in [-0.2, -0.15) is 0 Å². The molecule has 2 aromatic heterocycles. The molecule has 4 nitrogen and oxygen atoms in total. The van der Waals surface area contributed by atoms with Crippen LogP contribution in [0.25, 0.3) is 21.6 Å². The fraction of sp³-hybridized carbons (Fsp3) is 0.368. The Morgan fingerprint density at radius 3 is 2.54 bits per heavy atom. The van der Waals surface area contributed by atoms with E-state index in [0.717, 1.165) is 37.7 Å². The van der Waals surface area contributed by atoms with Gasteiger partial charge in [0.15, 0.2) is 0 Å². The van der Waals surface area contributed by atoms with E-state index in [4.69, 9.17) is 9.72 Å². The third kappa shape index (κ3) is 2.63. The van der Waals surface area contributed by atoms with Gasteiger partial charge in [-0.25, -0.2) is 4.98 Å². The maximum absolute atomic E-state index is 12.5. The number of fused-ring (bicyclic) bond motifs is 1. The standard InChI is InChI=1S/C19H22N2O2S/c1-9(2)13-8-14(10(3)7-15(13)23-6)17-20-18(22)16-11(4)12(5)24-19(16)21-17/h7-9H,1-6H3,(H,20,21,22). The van der Waals surface area contributed by atoms with Crippen LogP contribution in [-0.2, 0) is 0 Å². The van der Waals surface area contributed by atoms with Crippen LogP contribution in [0.15, 0.2) is 16.9 Å². The molecule has 1 N–H and O–H groups in total. The maximum Gasteiger partial charge on any atom is 0.260 e. The number of methoxy groups -OCH3 is 1. The summed E-state index contributed by atoms with van der Waals surface area (Å²) >= 11 is 1.57. The van der Waals surface area contributed by atoms with E-state index < -0.39 is 0 Å². The first-order chi connectivity index (χ1) is 11.3.